The van der Waals surface area contributed by atoms with Crippen LogP contribution in [0.25, 0.3) is 0 Å². The molecular weight excluding hydrogens is 198 g/mol. The van der Waals surface area contributed by atoms with E-state index < -0.39 is 0 Å². The summed E-state index contributed by atoms with van der Waals surface area (Å²) in [6.45, 7) is 2.18. The maximum absolute atomic E-state index is 8.83. The van der Waals surface area contributed by atoms with E-state index in [1.54, 1.807) is 12.1 Å². The molecule has 0 radical (unpaired) electrons. The number of benzene rings is 1. The van der Waals surface area contributed by atoms with Gasteiger partial charge in [-0.1, -0.05) is 6.42 Å². The number of hydrogen-bond acceptors (Lipinski definition) is 3. The summed E-state index contributed by atoms with van der Waals surface area (Å²) in [6, 6.07) is 7.92. The molecule has 3 nitrogen and oxygen atoms in total. The molecule has 1 aromatic rings. The minimum Gasteiger partial charge on any atom is -0.397 e. The number of hydrogen-bond donors (Lipinski definition) is 2. The monoisotopic (exact) mass is 215 g/mol. The predicted molar refractivity (Wildman–Crippen MR) is 66.0 cm³/mol. The average molecular weight is 215 g/mol. The molecule has 1 fully saturated rings. The van der Waals surface area contributed by atoms with Crippen LogP contribution in [0, 0.1) is 17.2 Å². The van der Waals surface area contributed by atoms with Crippen molar-refractivity contribution in [3.63, 3.8) is 0 Å². The Labute approximate surface area is 96.3 Å². The highest BCUT2D eigenvalue weighted by molar-refractivity contribution is 5.68. The van der Waals surface area contributed by atoms with E-state index in [0.717, 1.165) is 11.6 Å². The van der Waals surface area contributed by atoms with Crippen molar-refractivity contribution >= 4 is 11.4 Å². The summed E-state index contributed by atoms with van der Waals surface area (Å²) in [7, 11) is 0. The van der Waals surface area contributed by atoms with Gasteiger partial charge >= 0.3 is 0 Å². The van der Waals surface area contributed by atoms with E-state index in [0.29, 0.717) is 17.3 Å². The van der Waals surface area contributed by atoms with Gasteiger partial charge < -0.3 is 11.1 Å². The summed E-state index contributed by atoms with van der Waals surface area (Å²) in [5, 5.41) is 12.2. The zero-order valence-corrected chi connectivity index (χ0v) is 9.53. The summed E-state index contributed by atoms with van der Waals surface area (Å²) in [4.78, 5) is 0. The second-order valence-electron chi connectivity index (χ2n) is 4.54. The molecule has 16 heavy (non-hydrogen) atoms. The Morgan fingerprint density at radius 2 is 2.25 bits per heavy atom. The normalized spacial score (nSPS) is 17.2. The first-order chi connectivity index (χ1) is 7.70. The van der Waals surface area contributed by atoms with Crippen LogP contribution in [0.3, 0.4) is 0 Å². The Morgan fingerprint density at radius 3 is 2.81 bits per heavy atom. The van der Waals surface area contributed by atoms with E-state index in [1.807, 2.05) is 6.07 Å². The van der Waals surface area contributed by atoms with Crippen LogP contribution in [-0.4, -0.2) is 6.04 Å². The van der Waals surface area contributed by atoms with Crippen molar-refractivity contribution in [2.24, 2.45) is 5.92 Å². The van der Waals surface area contributed by atoms with E-state index >= 15 is 0 Å². The third-order valence-corrected chi connectivity index (χ3v) is 3.42. The zero-order valence-electron chi connectivity index (χ0n) is 9.53. The number of rotatable bonds is 3. The lowest BCUT2D eigenvalue weighted by atomic mass is 9.80. The molecule has 0 spiro atoms. The molecule has 0 aromatic heterocycles. The van der Waals surface area contributed by atoms with E-state index in [9.17, 15) is 0 Å². The highest BCUT2D eigenvalue weighted by Gasteiger charge is 2.23. The van der Waals surface area contributed by atoms with E-state index in [2.05, 4.69) is 18.3 Å². The molecule has 84 valence electrons. The lowest BCUT2D eigenvalue weighted by Gasteiger charge is -2.32. The van der Waals surface area contributed by atoms with Gasteiger partial charge in [-0.2, -0.15) is 5.26 Å². The van der Waals surface area contributed by atoms with Gasteiger partial charge in [-0.15, -0.1) is 0 Å². The van der Waals surface area contributed by atoms with Crippen molar-refractivity contribution in [2.75, 3.05) is 11.1 Å². The van der Waals surface area contributed by atoms with Crippen molar-refractivity contribution < 1.29 is 0 Å². The second kappa shape index (κ2) is 4.44. The maximum atomic E-state index is 8.83. The Balaban J connectivity index is 2.10. The van der Waals surface area contributed by atoms with Gasteiger partial charge in [0, 0.05) is 6.04 Å². The lowest BCUT2D eigenvalue weighted by Crippen LogP contribution is -2.31. The number of nitrogen functional groups attached to an aromatic ring is 1. The molecule has 0 amide bonds. The van der Waals surface area contributed by atoms with Crippen LogP contribution in [0.1, 0.15) is 31.7 Å². The lowest BCUT2D eigenvalue weighted by molar-refractivity contribution is 0.285. The van der Waals surface area contributed by atoms with Crippen LogP contribution in [0.5, 0.6) is 0 Å². The average Bonchev–Trinajstić information content (AvgIpc) is 2.18. The first kappa shape index (κ1) is 10.8. The third-order valence-electron chi connectivity index (χ3n) is 3.42. The van der Waals surface area contributed by atoms with Crippen LogP contribution < -0.4 is 11.1 Å². The molecule has 1 atom stereocenters. The molecule has 0 bridgehead atoms. The molecule has 0 saturated heterocycles. The number of nitrogens with one attached hydrogen (secondary N) is 1. The van der Waals surface area contributed by atoms with Crippen molar-refractivity contribution in [3.8, 4) is 6.07 Å². The topological polar surface area (TPSA) is 61.8 Å². The van der Waals surface area contributed by atoms with Gasteiger partial charge in [-0.05, 0) is 43.9 Å². The highest BCUT2D eigenvalue weighted by atomic mass is 14.9. The molecule has 1 aliphatic rings. The Kier molecular flexibility index (Phi) is 3.00. The van der Waals surface area contributed by atoms with Crippen molar-refractivity contribution in [1.29, 1.82) is 5.26 Å². The van der Waals surface area contributed by atoms with Gasteiger partial charge in [0.1, 0.15) is 0 Å². The van der Waals surface area contributed by atoms with E-state index in [1.165, 1.54) is 19.3 Å². The van der Waals surface area contributed by atoms with Crippen molar-refractivity contribution in [2.45, 2.75) is 32.2 Å². The fraction of sp³-hybridized carbons (Fsp3) is 0.462. The predicted octanol–water partition coefficient (Wildman–Crippen LogP) is 2.74. The summed E-state index contributed by atoms with van der Waals surface area (Å²) < 4.78 is 0. The Bertz CT molecular complexity index is 416. The summed E-state index contributed by atoms with van der Waals surface area (Å²) >= 11 is 0. The summed E-state index contributed by atoms with van der Waals surface area (Å²) in [5.74, 6) is 0.755. The summed E-state index contributed by atoms with van der Waals surface area (Å²) in [5.41, 5.74) is 8.13. The summed E-state index contributed by atoms with van der Waals surface area (Å²) in [6.07, 6.45) is 3.93. The van der Waals surface area contributed by atoms with Gasteiger partial charge in [-0.3, -0.25) is 0 Å². The minimum absolute atomic E-state index is 0.435. The van der Waals surface area contributed by atoms with E-state index in [-0.39, 0.29) is 0 Å². The SMILES string of the molecule is CC(Nc1cc(C#N)ccc1N)C1CCC1. The molecule has 2 rings (SSSR count). The number of nitrogens with two attached hydrogens (primary N) is 1. The van der Waals surface area contributed by atoms with Crippen LogP contribution in [0.4, 0.5) is 11.4 Å². The minimum atomic E-state index is 0.435. The molecule has 1 saturated carbocycles. The molecule has 3 N–H and O–H groups in total. The van der Waals surface area contributed by atoms with Gasteiger partial charge in [0.05, 0.1) is 23.0 Å². The smallest absolute Gasteiger partial charge is 0.0992 e. The van der Waals surface area contributed by atoms with Crippen LogP contribution in [-0.2, 0) is 0 Å². The highest BCUT2D eigenvalue weighted by Crippen LogP contribution is 2.32. The maximum Gasteiger partial charge on any atom is 0.0992 e. The molecular formula is C13H17N3. The molecule has 1 aliphatic carbocycles. The molecule has 3 heteroatoms. The number of nitrogens with zero attached hydrogens (tertiary/aromatic N) is 1. The standard InChI is InChI=1S/C13H17N3/c1-9(11-3-2-4-11)16-13-7-10(8-14)5-6-12(13)15/h5-7,9,11,16H,2-4,15H2,1H3. The Hall–Kier alpha value is -1.69. The second-order valence-corrected chi connectivity index (χ2v) is 4.54. The largest absolute Gasteiger partial charge is 0.397 e. The number of nitriles is 1. The van der Waals surface area contributed by atoms with Gasteiger partial charge in [-0.25, -0.2) is 0 Å². The van der Waals surface area contributed by atoms with Gasteiger partial charge in [0.15, 0.2) is 0 Å². The van der Waals surface area contributed by atoms with Crippen LogP contribution in [0.15, 0.2) is 18.2 Å². The fourth-order valence-corrected chi connectivity index (χ4v) is 2.05. The first-order valence-electron chi connectivity index (χ1n) is 5.77. The third kappa shape index (κ3) is 2.11. The van der Waals surface area contributed by atoms with E-state index in [4.69, 9.17) is 11.0 Å². The number of anilines is 2. The fourth-order valence-electron chi connectivity index (χ4n) is 2.05. The molecule has 0 aliphatic heterocycles. The first-order valence-corrected chi connectivity index (χ1v) is 5.77. The Morgan fingerprint density at radius 1 is 1.50 bits per heavy atom. The van der Waals surface area contributed by atoms with Gasteiger partial charge in [0.25, 0.3) is 0 Å². The van der Waals surface area contributed by atoms with Crippen molar-refractivity contribution in [1.82, 2.24) is 0 Å². The van der Waals surface area contributed by atoms with Gasteiger partial charge in [0.2, 0.25) is 0 Å². The van der Waals surface area contributed by atoms with Crippen LogP contribution >= 0.6 is 0 Å². The molecule has 1 unspecified atom stereocenters. The molecule has 1 aromatic carbocycles. The zero-order chi connectivity index (χ0) is 11.5. The quantitative estimate of drug-likeness (QED) is 0.762. The molecule has 0 heterocycles. The van der Waals surface area contributed by atoms with Crippen molar-refractivity contribution in [3.05, 3.63) is 23.8 Å². The van der Waals surface area contributed by atoms with Crippen LogP contribution in [0.2, 0.25) is 0 Å².